The van der Waals surface area contributed by atoms with Gasteiger partial charge in [-0.05, 0) is 18.6 Å². The van der Waals surface area contributed by atoms with Crippen LogP contribution in [-0.4, -0.2) is 31.8 Å². The van der Waals surface area contributed by atoms with E-state index in [2.05, 4.69) is 5.32 Å². The van der Waals surface area contributed by atoms with Crippen molar-refractivity contribution in [3.05, 3.63) is 24.3 Å². The first-order valence-corrected chi connectivity index (χ1v) is 7.82. The van der Waals surface area contributed by atoms with Crippen molar-refractivity contribution in [2.45, 2.75) is 25.2 Å². The lowest BCUT2D eigenvalue weighted by atomic mass is 10.2. The Hall–Kier alpha value is -1.56. The molecule has 2 N–H and O–H groups in total. The molecule has 1 rings (SSSR count). The van der Waals surface area contributed by atoms with Crippen molar-refractivity contribution in [1.82, 2.24) is 0 Å². The molecule has 6 heteroatoms. The van der Waals surface area contributed by atoms with E-state index in [1.54, 1.807) is 38.1 Å². The van der Waals surface area contributed by atoms with E-state index in [0.29, 0.717) is 12.1 Å². The minimum absolute atomic E-state index is 0.0835. The van der Waals surface area contributed by atoms with Gasteiger partial charge in [0.05, 0.1) is 22.3 Å². The zero-order chi connectivity index (χ0) is 14.5. The number of hydrogen-bond acceptors (Lipinski definition) is 4. The van der Waals surface area contributed by atoms with Gasteiger partial charge in [-0.25, -0.2) is 8.42 Å². The van der Waals surface area contributed by atoms with E-state index in [0.717, 1.165) is 0 Å². The van der Waals surface area contributed by atoms with Gasteiger partial charge >= 0.3 is 5.97 Å². The van der Waals surface area contributed by atoms with Gasteiger partial charge in [-0.1, -0.05) is 26.0 Å². The number of carboxylic acids is 1. The van der Waals surface area contributed by atoms with Gasteiger partial charge in [0.2, 0.25) is 0 Å². The van der Waals surface area contributed by atoms with Gasteiger partial charge in [-0.15, -0.1) is 0 Å². The van der Waals surface area contributed by atoms with E-state index in [1.807, 2.05) is 0 Å². The Balaban J connectivity index is 2.94. The van der Waals surface area contributed by atoms with Crippen LogP contribution in [-0.2, 0) is 14.6 Å². The lowest BCUT2D eigenvalue weighted by molar-refractivity contribution is -0.140. The molecule has 1 aromatic carbocycles. The highest BCUT2D eigenvalue weighted by Crippen LogP contribution is 2.22. The van der Waals surface area contributed by atoms with Crippen molar-refractivity contribution in [3.63, 3.8) is 0 Å². The molecule has 0 aliphatic carbocycles. The van der Waals surface area contributed by atoms with Gasteiger partial charge in [0.1, 0.15) is 0 Å². The summed E-state index contributed by atoms with van der Waals surface area (Å²) in [4.78, 5) is 11.0. The van der Waals surface area contributed by atoms with Crippen LogP contribution >= 0.6 is 0 Å². The van der Waals surface area contributed by atoms with Crippen molar-refractivity contribution in [2.24, 2.45) is 5.92 Å². The molecular formula is C13H19NO4S. The third kappa shape index (κ3) is 4.24. The van der Waals surface area contributed by atoms with Crippen LogP contribution in [0.1, 0.15) is 20.3 Å². The number of benzene rings is 1. The van der Waals surface area contributed by atoms with E-state index in [-0.39, 0.29) is 17.2 Å². The number of anilines is 1. The summed E-state index contributed by atoms with van der Waals surface area (Å²) in [5.41, 5.74) is 0.462. The molecule has 5 nitrogen and oxygen atoms in total. The monoisotopic (exact) mass is 285 g/mol. The maximum Gasteiger partial charge on any atom is 0.308 e. The Kier molecular flexibility index (Phi) is 5.35. The van der Waals surface area contributed by atoms with Crippen LogP contribution in [0.5, 0.6) is 0 Å². The molecule has 19 heavy (non-hydrogen) atoms. The molecule has 0 aromatic heterocycles. The fourth-order valence-electron chi connectivity index (χ4n) is 1.61. The maximum atomic E-state index is 12.1. The number of hydrogen-bond donors (Lipinski definition) is 2. The summed E-state index contributed by atoms with van der Waals surface area (Å²) in [6.07, 6.45) is 0.544. The highest BCUT2D eigenvalue weighted by molar-refractivity contribution is 7.91. The molecular weight excluding hydrogens is 266 g/mol. The number of rotatable bonds is 7. The molecule has 0 fully saturated rings. The standard InChI is InChI=1S/C13H19NO4S/c1-3-8-19(17,18)12-7-5-4-6-11(12)14-9-10(2)13(15)16/h4-7,10,14H,3,8-9H2,1-2H3,(H,15,16). The van der Waals surface area contributed by atoms with Crippen LogP contribution in [0, 0.1) is 5.92 Å². The summed E-state index contributed by atoms with van der Waals surface area (Å²) in [7, 11) is -3.32. The SMILES string of the molecule is CCCS(=O)(=O)c1ccccc1NCC(C)C(=O)O. The Morgan fingerprint density at radius 3 is 2.58 bits per heavy atom. The Morgan fingerprint density at radius 1 is 1.37 bits per heavy atom. The summed E-state index contributed by atoms with van der Waals surface area (Å²) in [6, 6.07) is 6.57. The van der Waals surface area contributed by atoms with Gasteiger partial charge in [0, 0.05) is 6.54 Å². The van der Waals surface area contributed by atoms with E-state index in [9.17, 15) is 13.2 Å². The van der Waals surface area contributed by atoms with E-state index < -0.39 is 21.7 Å². The molecule has 1 aromatic rings. The normalized spacial score (nSPS) is 12.9. The van der Waals surface area contributed by atoms with E-state index in [4.69, 9.17) is 5.11 Å². The first-order valence-electron chi connectivity index (χ1n) is 6.17. The number of aliphatic carboxylic acids is 1. The quantitative estimate of drug-likeness (QED) is 0.800. The largest absolute Gasteiger partial charge is 0.481 e. The Bertz CT molecular complexity index is 539. The number of nitrogens with one attached hydrogen (secondary N) is 1. The first kappa shape index (κ1) is 15.5. The van der Waals surface area contributed by atoms with Gasteiger partial charge in [-0.3, -0.25) is 4.79 Å². The predicted molar refractivity (Wildman–Crippen MR) is 74.1 cm³/mol. The number of carboxylic acid groups (broad SMARTS) is 1. The molecule has 0 saturated heterocycles. The van der Waals surface area contributed by atoms with E-state index in [1.165, 1.54) is 0 Å². The highest BCUT2D eigenvalue weighted by Gasteiger charge is 2.18. The van der Waals surface area contributed by atoms with Crippen molar-refractivity contribution < 1.29 is 18.3 Å². The molecule has 0 radical (unpaired) electrons. The molecule has 1 unspecified atom stereocenters. The van der Waals surface area contributed by atoms with Crippen LogP contribution < -0.4 is 5.32 Å². The molecule has 106 valence electrons. The van der Waals surface area contributed by atoms with Gasteiger partial charge in [0.25, 0.3) is 0 Å². The lowest BCUT2D eigenvalue weighted by Crippen LogP contribution is -2.20. The van der Waals surface area contributed by atoms with E-state index >= 15 is 0 Å². The minimum atomic E-state index is -3.32. The zero-order valence-electron chi connectivity index (χ0n) is 11.1. The van der Waals surface area contributed by atoms with Crippen LogP contribution in [0.4, 0.5) is 5.69 Å². The summed E-state index contributed by atoms with van der Waals surface area (Å²) < 4.78 is 24.2. The minimum Gasteiger partial charge on any atom is -0.481 e. The number of para-hydroxylation sites is 1. The summed E-state index contributed by atoms with van der Waals surface area (Å²) in [5, 5.41) is 11.7. The van der Waals surface area contributed by atoms with Crippen LogP contribution in [0.2, 0.25) is 0 Å². The fourth-order valence-corrected chi connectivity index (χ4v) is 3.13. The zero-order valence-corrected chi connectivity index (χ0v) is 11.9. The second-order valence-electron chi connectivity index (χ2n) is 4.44. The molecule has 0 bridgehead atoms. The molecule has 0 aliphatic heterocycles. The summed E-state index contributed by atoms with van der Waals surface area (Å²) in [5.74, 6) is -1.41. The number of sulfone groups is 1. The molecule has 0 aliphatic rings. The van der Waals surface area contributed by atoms with Crippen molar-refractivity contribution in [1.29, 1.82) is 0 Å². The predicted octanol–water partition coefficient (Wildman–Crippen LogP) is 2.00. The highest BCUT2D eigenvalue weighted by atomic mass is 32.2. The lowest BCUT2D eigenvalue weighted by Gasteiger charge is -2.13. The second kappa shape index (κ2) is 6.56. The molecule has 0 heterocycles. The number of carbonyl (C=O) groups is 1. The maximum absolute atomic E-state index is 12.1. The second-order valence-corrected chi connectivity index (χ2v) is 6.51. The fraction of sp³-hybridized carbons (Fsp3) is 0.462. The van der Waals surface area contributed by atoms with Gasteiger partial charge in [0.15, 0.2) is 9.84 Å². The Labute approximate surface area is 113 Å². The van der Waals surface area contributed by atoms with Crippen LogP contribution in [0.15, 0.2) is 29.2 Å². The van der Waals surface area contributed by atoms with Crippen LogP contribution in [0.3, 0.4) is 0 Å². The molecule has 1 atom stereocenters. The average Bonchev–Trinajstić information content (AvgIpc) is 2.36. The van der Waals surface area contributed by atoms with Crippen molar-refractivity contribution >= 4 is 21.5 Å². The average molecular weight is 285 g/mol. The van der Waals surface area contributed by atoms with Gasteiger partial charge in [-0.2, -0.15) is 0 Å². The van der Waals surface area contributed by atoms with Gasteiger partial charge < -0.3 is 10.4 Å². The molecule has 0 saturated carbocycles. The van der Waals surface area contributed by atoms with Crippen molar-refractivity contribution in [3.8, 4) is 0 Å². The summed E-state index contributed by atoms with van der Waals surface area (Å²) in [6.45, 7) is 3.56. The smallest absolute Gasteiger partial charge is 0.308 e. The Morgan fingerprint density at radius 2 is 2.00 bits per heavy atom. The van der Waals surface area contributed by atoms with Crippen molar-refractivity contribution in [2.75, 3.05) is 17.6 Å². The molecule has 0 spiro atoms. The third-order valence-corrected chi connectivity index (χ3v) is 4.69. The summed E-state index contributed by atoms with van der Waals surface area (Å²) >= 11 is 0. The van der Waals surface area contributed by atoms with Crippen LogP contribution in [0.25, 0.3) is 0 Å². The first-order chi connectivity index (χ1) is 8.88. The molecule has 0 amide bonds. The third-order valence-electron chi connectivity index (χ3n) is 2.72. The topological polar surface area (TPSA) is 83.5 Å².